The SMILES string of the molecule is COCc1ccc(CNC(=O)NCC(Cc2ccccc2)N(C)C)cc1. The molecule has 0 heterocycles. The van der Waals surface area contributed by atoms with E-state index in [0.29, 0.717) is 19.7 Å². The molecule has 0 aliphatic carbocycles. The summed E-state index contributed by atoms with van der Waals surface area (Å²) in [5.74, 6) is 0. The lowest BCUT2D eigenvalue weighted by molar-refractivity contribution is 0.185. The van der Waals surface area contributed by atoms with Crippen LogP contribution >= 0.6 is 0 Å². The van der Waals surface area contributed by atoms with Crippen LogP contribution < -0.4 is 10.6 Å². The van der Waals surface area contributed by atoms with Crippen LogP contribution in [0.3, 0.4) is 0 Å². The van der Waals surface area contributed by atoms with Gasteiger partial charge in [0.1, 0.15) is 0 Å². The summed E-state index contributed by atoms with van der Waals surface area (Å²) in [6.07, 6.45) is 0.898. The summed E-state index contributed by atoms with van der Waals surface area (Å²) < 4.78 is 5.10. The molecule has 0 saturated carbocycles. The number of urea groups is 1. The van der Waals surface area contributed by atoms with Gasteiger partial charge in [0.25, 0.3) is 0 Å². The van der Waals surface area contributed by atoms with E-state index in [0.717, 1.165) is 17.5 Å². The molecule has 2 rings (SSSR count). The molecule has 2 N–H and O–H groups in total. The molecule has 1 unspecified atom stereocenters. The topological polar surface area (TPSA) is 53.6 Å². The fourth-order valence-corrected chi connectivity index (χ4v) is 2.70. The van der Waals surface area contributed by atoms with Crippen LogP contribution in [0.2, 0.25) is 0 Å². The Morgan fingerprint density at radius 2 is 1.62 bits per heavy atom. The fraction of sp³-hybridized carbons (Fsp3) is 0.381. The van der Waals surface area contributed by atoms with Crippen molar-refractivity contribution in [1.29, 1.82) is 0 Å². The predicted molar refractivity (Wildman–Crippen MR) is 105 cm³/mol. The van der Waals surface area contributed by atoms with Gasteiger partial charge < -0.3 is 20.3 Å². The van der Waals surface area contributed by atoms with Crippen LogP contribution in [-0.2, 0) is 24.3 Å². The van der Waals surface area contributed by atoms with Gasteiger partial charge >= 0.3 is 6.03 Å². The zero-order valence-electron chi connectivity index (χ0n) is 15.9. The van der Waals surface area contributed by atoms with Gasteiger partial charge in [-0.3, -0.25) is 0 Å². The number of hydrogen-bond donors (Lipinski definition) is 2. The predicted octanol–water partition coefficient (Wildman–Crippen LogP) is 2.81. The highest BCUT2D eigenvalue weighted by Crippen LogP contribution is 2.07. The van der Waals surface area contributed by atoms with Crippen molar-refractivity contribution in [3.05, 3.63) is 71.3 Å². The van der Waals surface area contributed by atoms with Gasteiger partial charge in [-0.25, -0.2) is 4.79 Å². The van der Waals surface area contributed by atoms with E-state index >= 15 is 0 Å². The molecular weight excluding hydrogens is 326 g/mol. The largest absolute Gasteiger partial charge is 0.380 e. The number of rotatable bonds is 9. The number of carbonyl (C=O) groups is 1. The van der Waals surface area contributed by atoms with Crippen LogP contribution in [0.15, 0.2) is 54.6 Å². The second-order valence-corrected chi connectivity index (χ2v) is 6.62. The number of carbonyl (C=O) groups excluding carboxylic acids is 1. The van der Waals surface area contributed by atoms with Gasteiger partial charge in [0.05, 0.1) is 6.61 Å². The standard InChI is InChI=1S/C21H29N3O2/c1-24(2)20(13-17-7-5-4-6-8-17)15-23-21(25)22-14-18-9-11-19(12-10-18)16-26-3/h4-12,20H,13-16H2,1-3H3,(H2,22,23,25). The summed E-state index contributed by atoms with van der Waals surface area (Å²) in [7, 11) is 5.75. The lowest BCUT2D eigenvalue weighted by atomic mass is 10.1. The minimum absolute atomic E-state index is 0.147. The molecule has 2 aromatic carbocycles. The second kappa shape index (κ2) is 10.6. The van der Waals surface area contributed by atoms with E-state index in [-0.39, 0.29) is 12.1 Å². The molecular formula is C21H29N3O2. The highest BCUT2D eigenvalue weighted by atomic mass is 16.5. The molecule has 5 nitrogen and oxygen atoms in total. The van der Waals surface area contributed by atoms with E-state index in [1.807, 2.05) is 56.6 Å². The number of ether oxygens (including phenoxy) is 1. The Morgan fingerprint density at radius 1 is 0.962 bits per heavy atom. The minimum Gasteiger partial charge on any atom is -0.380 e. The Kier molecular flexibility index (Phi) is 8.12. The molecule has 5 heteroatoms. The number of benzene rings is 2. The molecule has 2 amide bonds. The fourth-order valence-electron chi connectivity index (χ4n) is 2.70. The van der Waals surface area contributed by atoms with E-state index in [1.54, 1.807) is 7.11 Å². The number of hydrogen-bond acceptors (Lipinski definition) is 3. The maximum absolute atomic E-state index is 12.1. The van der Waals surface area contributed by atoms with Crippen molar-refractivity contribution in [3.8, 4) is 0 Å². The molecule has 0 aliphatic heterocycles. The average Bonchev–Trinajstić information content (AvgIpc) is 2.65. The lowest BCUT2D eigenvalue weighted by Gasteiger charge is -2.25. The Morgan fingerprint density at radius 3 is 2.23 bits per heavy atom. The number of amides is 2. The van der Waals surface area contributed by atoms with Crippen LogP contribution in [0.5, 0.6) is 0 Å². The van der Waals surface area contributed by atoms with Crippen molar-refractivity contribution in [3.63, 3.8) is 0 Å². The summed E-state index contributed by atoms with van der Waals surface area (Å²) in [6.45, 7) is 1.70. The van der Waals surface area contributed by atoms with Crippen LogP contribution in [0.4, 0.5) is 4.79 Å². The third kappa shape index (κ3) is 6.86. The molecule has 0 aromatic heterocycles. The first-order valence-electron chi connectivity index (χ1n) is 8.87. The number of likely N-dealkylation sites (N-methyl/N-ethyl adjacent to an activating group) is 1. The lowest BCUT2D eigenvalue weighted by Crippen LogP contribution is -2.44. The maximum Gasteiger partial charge on any atom is 0.315 e. The van der Waals surface area contributed by atoms with Crippen LogP contribution in [0, 0.1) is 0 Å². The van der Waals surface area contributed by atoms with E-state index in [4.69, 9.17) is 4.74 Å². The van der Waals surface area contributed by atoms with E-state index in [1.165, 1.54) is 5.56 Å². The molecule has 0 fully saturated rings. The third-order valence-corrected chi connectivity index (χ3v) is 4.33. The molecule has 0 bridgehead atoms. The number of methoxy groups -OCH3 is 1. The van der Waals surface area contributed by atoms with Gasteiger partial charge in [0.2, 0.25) is 0 Å². The average molecular weight is 355 g/mol. The van der Waals surface area contributed by atoms with Crippen molar-refractivity contribution < 1.29 is 9.53 Å². The highest BCUT2D eigenvalue weighted by Gasteiger charge is 2.13. The first-order chi connectivity index (χ1) is 12.6. The van der Waals surface area contributed by atoms with E-state index < -0.39 is 0 Å². The molecule has 0 saturated heterocycles. The maximum atomic E-state index is 12.1. The molecule has 0 aliphatic rings. The molecule has 1 atom stereocenters. The smallest absolute Gasteiger partial charge is 0.315 e. The van der Waals surface area contributed by atoms with Crippen molar-refractivity contribution >= 4 is 6.03 Å². The monoisotopic (exact) mass is 355 g/mol. The minimum atomic E-state index is -0.147. The van der Waals surface area contributed by atoms with Crippen molar-refractivity contribution in [2.45, 2.75) is 25.6 Å². The molecule has 2 aromatic rings. The Hall–Kier alpha value is -2.37. The Balaban J connectivity index is 1.77. The normalized spacial score (nSPS) is 12.0. The zero-order chi connectivity index (χ0) is 18.8. The summed E-state index contributed by atoms with van der Waals surface area (Å²) in [5.41, 5.74) is 3.45. The van der Waals surface area contributed by atoms with Gasteiger partial charge in [0, 0.05) is 26.2 Å². The summed E-state index contributed by atoms with van der Waals surface area (Å²) >= 11 is 0. The van der Waals surface area contributed by atoms with Gasteiger partial charge in [-0.1, -0.05) is 54.6 Å². The zero-order valence-corrected chi connectivity index (χ0v) is 15.9. The summed E-state index contributed by atoms with van der Waals surface area (Å²) in [6, 6.07) is 18.5. The van der Waals surface area contributed by atoms with Crippen LogP contribution in [0.25, 0.3) is 0 Å². The van der Waals surface area contributed by atoms with Gasteiger partial charge in [-0.05, 0) is 37.2 Å². The quantitative estimate of drug-likeness (QED) is 0.727. The third-order valence-electron chi connectivity index (χ3n) is 4.33. The molecule has 0 radical (unpaired) electrons. The van der Waals surface area contributed by atoms with Crippen molar-refractivity contribution in [2.24, 2.45) is 0 Å². The van der Waals surface area contributed by atoms with Crippen LogP contribution in [0.1, 0.15) is 16.7 Å². The molecule has 0 spiro atoms. The van der Waals surface area contributed by atoms with Crippen molar-refractivity contribution in [2.75, 3.05) is 27.7 Å². The molecule has 26 heavy (non-hydrogen) atoms. The van der Waals surface area contributed by atoms with Gasteiger partial charge in [0.15, 0.2) is 0 Å². The van der Waals surface area contributed by atoms with Crippen molar-refractivity contribution in [1.82, 2.24) is 15.5 Å². The van der Waals surface area contributed by atoms with E-state index in [9.17, 15) is 4.79 Å². The Labute approximate surface area is 156 Å². The number of nitrogens with zero attached hydrogens (tertiary/aromatic N) is 1. The first-order valence-corrected chi connectivity index (χ1v) is 8.87. The first kappa shape index (κ1) is 19.9. The van der Waals surface area contributed by atoms with E-state index in [2.05, 4.69) is 27.7 Å². The van der Waals surface area contributed by atoms with Crippen LogP contribution in [-0.4, -0.2) is 44.7 Å². The second-order valence-electron chi connectivity index (χ2n) is 6.62. The molecule has 140 valence electrons. The highest BCUT2D eigenvalue weighted by molar-refractivity contribution is 5.73. The summed E-state index contributed by atoms with van der Waals surface area (Å²) in [5, 5.41) is 5.88. The summed E-state index contributed by atoms with van der Waals surface area (Å²) in [4.78, 5) is 14.2. The van der Waals surface area contributed by atoms with Gasteiger partial charge in [-0.15, -0.1) is 0 Å². The van der Waals surface area contributed by atoms with Gasteiger partial charge in [-0.2, -0.15) is 0 Å². The number of nitrogens with one attached hydrogen (secondary N) is 2. The Bertz CT molecular complexity index is 657.